The van der Waals surface area contributed by atoms with Gasteiger partial charge in [0.15, 0.2) is 11.2 Å². The second-order valence-electron chi connectivity index (χ2n) is 5.37. The molecule has 0 saturated heterocycles. The van der Waals surface area contributed by atoms with E-state index in [1.165, 1.54) is 9.13 Å². The lowest BCUT2D eigenvalue weighted by Crippen LogP contribution is -2.39. The van der Waals surface area contributed by atoms with Gasteiger partial charge in [0, 0.05) is 27.7 Å². The third-order valence-corrected chi connectivity index (χ3v) is 3.86. The van der Waals surface area contributed by atoms with Crippen molar-refractivity contribution >= 4 is 17.1 Å². The standard InChI is InChI=1S/C14H23N5O3/c1-9(22-4)7-5-6-8-19-12(20)10-11(18(3)14(19)21)17-13(15-2)16-10/h9H,5-8H2,1-4H3,(H2,15,16,17). The molecule has 2 heterocycles. The van der Waals surface area contributed by atoms with Crippen molar-refractivity contribution in [1.82, 2.24) is 19.1 Å². The summed E-state index contributed by atoms with van der Waals surface area (Å²) in [7, 11) is 5.00. The normalized spacial score (nSPS) is 12.7. The van der Waals surface area contributed by atoms with Crippen LogP contribution < -0.4 is 16.6 Å². The molecule has 0 spiro atoms. The molecule has 0 saturated carbocycles. The number of aromatic amines is 1. The Hall–Kier alpha value is -2.09. The van der Waals surface area contributed by atoms with Crippen LogP contribution in [0.2, 0.25) is 0 Å². The lowest BCUT2D eigenvalue weighted by atomic mass is 10.2. The molecule has 8 heteroatoms. The van der Waals surface area contributed by atoms with Gasteiger partial charge in [0.2, 0.25) is 5.95 Å². The second-order valence-corrected chi connectivity index (χ2v) is 5.37. The van der Waals surface area contributed by atoms with Crippen molar-refractivity contribution in [3.05, 3.63) is 20.8 Å². The fourth-order valence-electron chi connectivity index (χ4n) is 2.38. The number of rotatable bonds is 7. The van der Waals surface area contributed by atoms with E-state index in [1.807, 2.05) is 6.92 Å². The SMILES string of the molecule is CNc1nc2c([nH]1)c(=O)n(CCCCC(C)OC)c(=O)n2C. The Labute approximate surface area is 128 Å². The van der Waals surface area contributed by atoms with Crippen molar-refractivity contribution in [3.8, 4) is 0 Å². The van der Waals surface area contributed by atoms with E-state index in [4.69, 9.17) is 4.74 Å². The van der Waals surface area contributed by atoms with E-state index in [1.54, 1.807) is 21.2 Å². The van der Waals surface area contributed by atoms with Crippen LogP contribution in [0.5, 0.6) is 0 Å². The number of ether oxygens (including phenoxy) is 1. The number of anilines is 1. The summed E-state index contributed by atoms with van der Waals surface area (Å²) >= 11 is 0. The van der Waals surface area contributed by atoms with Gasteiger partial charge in [-0.05, 0) is 26.2 Å². The van der Waals surface area contributed by atoms with Crippen molar-refractivity contribution in [2.75, 3.05) is 19.5 Å². The van der Waals surface area contributed by atoms with E-state index >= 15 is 0 Å². The summed E-state index contributed by atoms with van der Waals surface area (Å²) in [6.07, 6.45) is 2.74. The quantitative estimate of drug-likeness (QED) is 0.733. The molecule has 0 fully saturated rings. The molecule has 122 valence electrons. The van der Waals surface area contributed by atoms with Crippen LogP contribution in [-0.2, 0) is 18.3 Å². The minimum Gasteiger partial charge on any atom is -0.382 e. The van der Waals surface area contributed by atoms with Crippen LogP contribution >= 0.6 is 0 Å². The van der Waals surface area contributed by atoms with Crippen LogP contribution in [0.25, 0.3) is 11.2 Å². The van der Waals surface area contributed by atoms with Crippen molar-refractivity contribution in [2.24, 2.45) is 7.05 Å². The van der Waals surface area contributed by atoms with E-state index in [9.17, 15) is 9.59 Å². The first-order valence-corrected chi connectivity index (χ1v) is 7.39. The summed E-state index contributed by atoms with van der Waals surface area (Å²) in [6, 6.07) is 0. The highest BCUT2D eigenvalue weighted by molar-refractivity contribution is 5.72. The van der Waals surface area contributed by atoms with Gasteiger partial charge < -0.3 is 15.0 Å². The Morgan fingerprint density at radius 3 is 2.73 bits per heavy atom. The molecule has 1 unspecified atom stereocenters. The number of nitrogens with one attached hydrogen (secondary N) is 2. The summed E-state index contributed by atoms with van der Waals surface area (Å²) < 4.78 is 7.84. The fourth-order valence-corrected chi connectivity index (χ4v) is 2.38. The first kappa shape index (κ1) is 16.3. The molecule has 22 heavy (non-hydrogen) atoms. The highest BCUT2D eigenvalue weighted by Crippen LogP contribution is 2.08. The van der Waals surface area contributed by atoms with Crippen LogP contribution in [0.15, 0.2) is 9.59 Å². The Morgan fingerprint density at radius 2 is 2.09 bits per heavy atom. The van der Waals surface area contributed by atoms with Crippen LogP contribution in [-0.4, -0.2) is 39.4 Å². The van der Waals surface area contributed by atoms with Crippen LogP contribution in [0.1, 0.15) is 26.2 Å². The van der Waals surface area contributed by atoms with E-state index in [0.717, 1.165) is 19.3 Å². The van der Waals surface area contributed by atoms with Gasteiger partial charge in [0.25, 0.3) is 5.56 Å². The van der Waals surface area contributed by atoms with Gasteiger partial charge in [-0.3, -0.25) is 13.9 Å². The number of hydrogen-bond acceptors (Lipinski definition) is 5. The van der Waals surface area contributed by atoms with Gasteiger partial charge in [-0.25, -0.2) is 4.79 Å². The number of methoxy groups -OCH3 is 1. The average Bonchev–Trinajstić information content (AvgIpc) is 2.96. The summed E-state index contributed by atoms with van der Waals surface area (Å²) in [5.74, 6) is 0.466. The highest BCUT2D eigenvalue weighted by Gasteiger charge is 2.14. The van der Waals surface area contributed by atoms with Crippen LogP contribution in [0.4, 0.5) is 5.95 Å². The lowest BCUT2D eigenvalue weighted by Gasteiger charge is -2.10. The fraction of sp³-hybridized carbons (Fsp3) is 0.643. The minimum atomic E-state index is -0.341. The molecular formula is C14H23N5O3. The van der Waals surface area contributed by atoms with Gasteiger partial charge in [0.05, 0.1) is 6.10 Å². The van der Waals surface area contributed by atoms with Gasteiger partial charge in [-0.2, -0.15) is 4.98 Å². The number of aryl methyl sites for hydroxylation is 1. The molecule has 2 aromatic rings. The summed E-state index contributed by atoms with van der Waals surface area (Å²) in [5.41, 5.74) is 0.0404. The molecule has 0 aliphatic rings. The number of fused-ring (bicyclic) bond motifs is 1. The number of nitrogens with zero attached hydrogens (tertiary/aromatic N) is 3. The average molecular weight is 309 g/mol. The number of unbranched alkanes of at least 4 members (excludes halogenated alkanes) is 1. The van der Waals surface area contributed by atoms with Gasteiger partial charge in [0.1, 0.15) is 0 Å². The molecule has 1 atom stereocenters. The number of hydrogen-bond donors (Lipinski definition) is 2. The Morgan fingerprint density at radius 1 is 1.36 bits per heavy atom. The Kier molecular flexibility index (Phi) is 5.02. The number of H-pyrrole nitrogens is 1. The van der Waals surface area contributed by atoms with E-state index in [2.05, 4.69) is 15.3 Å². The first-order valence-electron chi connectivity index (χ1n) is 7.39. The number of imidazole rings is 1. The summed E-state index contributed by atoms with van der Waals surface area (Å²) in [6.45, 7) is 2.40. The van der Waals surface area contributed by atoms with E-state index in [-0.39, 0.29) is 17.4 Å². The van der Waals surface area contributed by atoms with Crippen molar-refractivity contribution in [1.29, 1.82) is 0 Å². The maximum atomic E-state index is 12.4. The monoisotopic (exact) mass is 309 g/mol. The van der Waals surface area contributed by atoms with Gasteiger partial charge >= 0.3 is 5.69 Å². The molecule has 0 amide bonds. The van der Waals surface area contributed by atoms with Crippen molar-refractivity contribution < 1.29 is 4.74 Å². The lowest BCUT2D eigenvalue weighted by molar-refractivity contribution is 0.108. The van der Waals surface area contributed by atoms with E-state index < -0.39 is 0 Å². The zero-order chi connectivity index (χ0) is 16.3. The molecule has 2 aromatic heterocycles. The van der Waals surface area contributed by atoms with Gasteiger partial charge in [-0.1, -0.05) is 0 Å². The summed E-state index contributed by atoms with van der Waals surface area (Å²) in [4.78, 5) is 31.8. The first-order chi connectivity index (χ1) is 10.5. The Balaban J connectivity index is 2.26. The number of aromatic nitrogens is 4. The topological polar surface area (TPSA) is 93.9 Å². The zero-order valence-electron chi connectivity index (χ0n) is 13.5. The largest absolute Gasteiger partial charge is 0.382 e. The summed E-state index contributed by atoms with van der Waals surface area (Å²) in [5, 5.41) is 2.84. The minimum absolute atomic E-state index is 0.188. The zero-order valence-corrected chi connectivity index (χ0v) is 13.5. The van der Waals surface area contributed by atoms with Crippen LogP contribution in [0.3, 0.4) is 0 Å². The molecule has 2 N–H and O–H groups in total. The molecule has 2 rings (SSSR count). The molecule has 0 bridgehead atoms. The molecular weight excluding hydrogens is 286 g/mol. The predicted octanol–water partition coefficient (Wildman–Crippen LogP) is 0.670. The molecule has 0 radical (unpaired) electrons. The van der Waals surface area contributed by atoms with Crippen molar-refractivity contribution in [2.45, 2.75) is 38.8 Å². The predicted molar refractivity (Wildman–Crippen MR) is 85.5 cm³/mol. The van der Waals surface area contributed by atoms with Crippen molar-refractivity contribution in [3.63, 3.8) is 0 Å². The Bertz CT molecular complexity index is 758. The maximum Gasteiger partial charge on any atom is 0.332 e. The maximum absolute atomic E-state index is 12.4. The molecule has 0 aromatic carbocycles. The highest BCUT2D eigenvalue weighted by atomic mass is 16.5. The smallest absolute Gasteiger partial charge is 0.332 e. The van der Waals surface area contributed by atoms with Gasteiger partial charge in [-0.15, -0.1) is 0 Å². The molecule has 0 aliphatic heterocycles. The molecule has 0 aliphatic carbocycles. The molecule has 8 nitrogen and oxygen atoms in total. The van der Waals surface area contributed by atoms with Crippen LogP contribution in [0, 0.1) is 0 Å². The third-order valence-electron chi connectivity index (χ3n) is 3.86. The second kappa shape index (κ2) is 6.78. The third kappa shape index (κ3) is 3.06. The van der Waals surface area contributed by atoms with E-state index in [0.29, 0.717) is 23.7 Å².